The minimum atomic E-state index is -4.03. The van der Waals surface area contributed by atoms with Gasteiger partial charge in [-0.1, -0.05) is 18.2 Å². The van der Waals surface area contributed by atoms with E-state index >= 15 is 0 Å². The second kappa shape index (κ2) is 13.2. The Kier molecular flexibility index (Phi) is 9.71. The molecule has 2 saturated heterocycles. The van der Waals surface area contributed by atoms with Gasteiger partial charge in [0.1, 0.15) is 4.90 Å². The predicted molar refractivity (Wildman–Crippen MR) is 153 cm³/mol. The molecule has 0 spiro atoms. The van der Waals surface area contributed by atoms with Gasteiger partial charge in [0, 0.05) is 62.7 Å². The van der Waals surface area contributed by atoms with Crippen LogP contribution in [-0.4, -0.2) is 87.2 Å². The summed E-state index contributed by atoms with van der Waals surface area (Å²) in [5.41, 5.74) is 4.32. The Hall–Kier alpha value is -3.55. The SMILES string of the molecule is CCN(CC)C(=O)[C@H]1CCCN(c2ccccc2/C=N/Nc2ccc([N+](=O)[O-])cc2S(=O)(=O)N2CCOCC2)C1. The van der Waals surface area contributed by atoms with Gasteiger partial charge in [0.2, 0.25) is 15.9 Å². The number of non-ortho nitro benzene ring substituents is 1. The second-order valence-corrected chi connectivity index (χ2v) is 11.6. The number of hydrogen-bond donors (Lipinski definition) is 1. The molecule has 0 saturated carbocycles. The van der Waals surface area contributed by atoms with Crippen LogP contribution < -0.4 is 10.3 Å². The number of nitro benzene ring substituents is 1. The van der Waals surface area contributed by atoms with Crippen molar-refractivity contribution in [3.05, 3.63) is 58.1 Å². The minimum absolute atomic E-state index is 0.0789. The first-order chi connectivity index (χ1) is 19.3. The molecule has 2 heterocycles. The molecule has 2 aliphatic heterocycles. The molecule has 1 atom stereocenters. The molecule has 4 rings (SSSR count). The number of para-hydroxylation sites is 1. The number of hydrogen-bond acceptors (Lipinski definition) is 9. The van der Waals surface area contributed by atoms with Crippen molar-refractivity contribution in [1.82, 2.24) is 9.21 Å². The van der Waals surface area contributed by atoms with Crippen LogP contribution in [-0.2, 0) is 19.6 Å². The van der Waals surface area contributed by atoms with Crippen molar-refractivity contribution in [2.75, 3.05) is 62.8 Å². The molecule has 2 aromatic carbocycles. The van der Waals surface area contributed by atoms with Gasteiger partial charge in [-0.3, -0.25) is 20.3 Å². The number of carbonyl (C=O) groups is 1. The maximum atomic E-state index is 13.4. The van der Waals surface area contributed by atoms with Crippen molar-refractivity contribution in [3.63, 3.8) is 0 Å². The average molecular weight is 573 g/mol. The highest BCUT2D eigenvalue weighted by atomic mass is 32.2. The number of ether oxygens (including phenoxy) is 1. The third-order valence-electron chi connectivity index (χ3n) is 7.28. The lowest BCUT2D eigenvalue weighted by molar-refractivity contribution is -0.385. The Morgan fingerprint density at radius 3 is 2.60 bits per heavy atom. The molecule has 0 aliphatic carbocycles. The van der Waals surface area contributed by atoms with Gasteiger partial charge in [-0.25, -0.2) is 8.42 Å². The smallest absolute Gasteiger partial charge is 0.270 e. The van der Waals surface area contributed by atoms with Gasteiger partial charge in [0.05, 0.1) is 36.0 Å². The number of nitrogens with one attached hydrogen (secondary N) is 1. The van der Waals surface area contributed by atoms with Crippen LogP contribution in [0.25, 0.3) is 0 Å². The van der Waals surface area contributed by atoms with E-state index in [1.54, 1.807) is 6.21 Å². The Morgan fingerprint density at radius 2 is 1.90 bits per heavy atom. The molecule has 1 amide bonds. The van der Waals surface area contributed by atoms with E-state index in [1.165, 1.54) is 16.4 Å². The quantitative estimate of drug-likeness (QED) is 0.260. The van der Waals surface area contributed by atoms with Crippen LogP contribution in [0.15, 0.2) is 52.5 Å². The number of rotatable bonds is 10. The average Bonchev–Trinajstić information content (AvgIpc) is 2.98. The molecule has 13 heteroatoms. The zero-order valence-corrected chi connectivity index (χ0v) is 23.7. The highest BCUT2D eigenvalue weighted by Gasteiger charge is 2.31. The Morgan fingerprint density at radius 1 is 1.18 bits per heavy atom. The fourth-order valence-corrected chi connectivity index (χ4v) is 6.67. The number of anilines is 2. The van der Waals surface area contributed by atoms with E-state index in [1.807, 2.05) is 43.0 Å². The first-order valence-electron chi connectivity index (χ1n) is 13.5. The van der Waals surface area contributed by atoms with Gasteiger partial charge in [-0.15, -0.1) is 0 Å². The topological polar surface area (TPSA) is 138 Å². The molecule has 0 radical (unpaired) electrons. The van der Waals surface area contributed by atoms with Crippen LogP contribution in [0.3, 0.4) is 0 Å². The Bertz CT molecular complexity index is 1340. The summed E-state index contributed by atoms with van der Waals surface area (Å²) >= 11 is 0. The van der Waals surface area contributed by atoms with Crippen LogP contribution in [0.1, 0.15) is 32.3 Å². The fraction of sp³-hybridized carbons (Fsp3) is 0.481. The number of carbonyl (C=O) groups excluding carboxylic acids is 1. The molecule has 0 aromatic heterocycles. The number of sulfonamides is 1. The molecular formula is C27H36N6O6S. The van der Waals surface area contributed by atoms with E-state index in [0.717, 1.165) is 36.7 Å². The summed E-state index contributed by atoms with van der Waals surface area (Å²) in [6, 6.07) is 11.3. The minimum Gasteiger partial charge on any atom is -0.379 e. The molecule has 2 fully saturated rings. The van der Waals surface area contributed by atoms with Crippen molar-refractivity contribution in [1.29, 1.82) is 0 Å². The van der Waals surface area contributed by atoms with Gasteiger partial charge in [0.15, 0.2) is 0 Å². The van der Waals surface area contributed by atoms with Gasteiger partial charge >= 0.3 is 0 Å². The number of amides is 1. The summed E-state index contributed by atoms with van der Waals surface area (Å²) in [4.78, 5) is 27.6. The van der Waals surface area contributed by atoms with Gasteiger partial charge in [-0.05, 0) is 38.8 Å². The normalized spacial score (nSPS) is 18.6. The molecule has 2 aliphatic rings. The second-order valence-electron chi connectivity index (χ2n) is 9.68. The number of nitro groups is 1. The molecule has 2 aromatic rings. The van der Waals surface area contributed by atoms with Crippen LogP contribution in [0.5, 0.6) is 0 Å². The van der Waals surface area contributed by atoms with Crippen molar-refractivity contribution in [2.24, 2.45) is 11.0 Å². The molecule has 0 bridgehead atoms. The van der Waals surface area contributed by atoms with E-state index in [9.17, 15) is 23.3 Å². The van der Waals surface area contributed by atoms with E-state index in [-0.39, 0.29) is 54.4 Å². The first-order valence-corrected chi connectivity index (χ1v) is 15.0. The Balaban J connectivity index is 1.56. The monoisotopic (exact) mass is 572 g/mol. The summed E-state index contributed by atoms with van der Waals surface area (Å²) < 4.78 is 33.3. The zero-order valence-electron chi connectivity index (χ0n) is 22.9. The number of morpholine rings is 1. The standard InChI is InChI=1S/C27H36N6O6S/c1-3-30(4-2)27(34)22-9-7-13-31(20-22)25-10-6-5-8-21(25)19-28-29-24-12-11-23(33(35)36)18-26(24)40(37,38)32-14-16-39-17-15-32/h5-6,8,10-12,18-19,22,29H,3-4,7,9,13-17,20H2,1-2H3/b28-19+/t22-/m0/s1. The Labute approximate surface area is 234 Å². The maximum absolute atomic E-state index is 13.4. The number of hydrazone groups is 1. The summed E-state index contributed by atoms with van der Waals surface area (Å²) in [6.45, 7) is 7.60. The van der Waals surface area contributed by atoms with Gasteiger partial charge in [0.25, 0.3) is 5.69 Å². The van der Waals surface area contributed by atoms with Crippen molar-refractivity contribution in [3.8, 4) is 0 Å². The highest BCUT2D eigenvalue weighted by Crippen LogP contribution is 2.30. The third kappa shape index (κ3) is 6.60. The third-order valence-corrected chi connectivity index (χ3v) is 9.21. The van der Waals surface area contributed by atoms with Crippen LogP contribution in [0.2, 0.25) is 0 Å². The van der Waals surface area contributed by atoms with Crippen molar-refractivity contribution >= 4 is 39.2 Å². The van der Waals surface area contributed by atoms with Crippen LogP contribution in [0, 0.1) is 16.0 Å². The molecule has 40 heavy (non-hydrogen) atoms. The molecular weight excluding hydrogens is 536 g/mol. The van der Waals surface area contributed by atoms with E-state index in [0.29, 0.717) is 19.6 Å². The molecule has 216 valence electrons. The van der Waals surface area contributed by atoms with Gasteiger partial charge < -0.3 is 14.5 Å². The summed E-state index contributed by atoms with van der Waals surface area (Å²) in [5.74, 6) is 0.0968. The van der Waals surface area contributed by atoms with Crippen molar-refractivity contribution < 1.29 is 22.9 Å². The van der Waals surface area contributed by atoms with Gasteiger partial charge in [-0.2, -0.15) is 9.41 Å². The van der Waals surface area contributed by atoms with E-state index < -0.39 is 14.9 Å². The fourth-order valence-electron chi connectivity index (χ4n) is 5.10. The van der Waals surface area contributed by atoms with Crippen LogP contribution in [0.4, 0.5) is 17.1 Å². The lowest BCUT2D eigenvalue weighted by Gasteiger charge is -2.36. The molecule has 1 N–H and O–H groups in total. The number of benzene rings is 2. The predicted octanol–water partition coefficient (Wildman–Crippen LogP) is 3.15. The number of piperidine rings is 1. The lowest BCUT2D eigenvalue weighted by atomic mass is 9.95. The number of nitrogens with zero attached hydrogens (tertiary/aromatic N) is 5. The van der Waals surface area contributed by atoms with Crippen molar-refractivity contribution in [2.45, 2.75) is 31.6 Å². The first kappa shape index (κ1) is 29.4. The highest BCUT2D eigenvalue weighted by molar-refractivity contribution is 7.89. The largest absolute Gasteiger partial charge is 0.379 e. The lowest BCUT2D eigenvalue weighted by Crippen LogP contribution is -2.45. The van der Waals surface area contributed by atoms with E-state index in [2.05, 4.69) is 15.4 Å². The summed E-state index contributed by atoms with van der Waals surface area (Å²) in [5, 5.41) is 15.7. The summed E-state index contributed by atoms with van der Waals surface area (Å²) in [6.07, 6.45) is 3.34. The maximum Gasteiger partial charge on any atom is 0.270 e. The summed E-state index contributed by atoms with van der Waals surface area (Å²) in [7, 11) is -4.03. The van der Waals surface area contributed by atoms with E-state index in [4.69, 9.17) is 4.74 Å². The zero-order chi connectivity index (χ0) is 28.7. The molecule has 12 nitrogen and oxygen atoms in total. The molecule has 0 unspecified atom stereocenters. The van der Waals surface area contributed by atoms with Crippen LogP contribution >= 0.6 is 0 Å².